The maximum Gasteiger partial charge on any atom is 0.258 e. The molecule has 3 aromatic rings. The van der Waals surface area contributed by atoms with E-state index < -0.39 is 6.10 Å². The Kier molecular flexibility index (Phi) is 5.44. The molecule has 3 rings (SSSR count). The molecule has 0 saturated carbocycles. The van der Waals surface area contributed by atoms with Crippen LogP contribution in [0.25, 0.3) is 0 Å². The number of para-hydroxylation sites is 1. The molecule has 4 nitrogen and oxygen atoms in total. The van der Waals surface area contributed by atoms with Crippen LogP contribution < -0.4 is 10.6 Å². The van der Waals surface area contributed by atoms with Crippen LogP contribution in [0.4, 0.5) is 17.1 Å². The van der Waals surface area contributed by atoms with Crippen molar-refractivity contribution in [1.29, 1.82) is 0 Å². The van der Waals surface area contributed by atoms with Crippen molar-refractivity contribution in [3.63, 3.8) is 0 Å². The van der Waals surface area contributed by atoms with Gasteiger partial charge in [-0.05, 0) is 42.0 Å². The lowest BCUT2D eigenvalue weighted by Crippen LogP contribution is -2.22. The van der Waals surface area contributed by atoms with E-state index >= 15 is 0 Å². The zero-order valence-corrected chi connectivity index (χ0v) is 14.0. The summed E-state index contributed by atoms with van der Waals surface area (Å²) in [7, 11) is 1.53. The molecule has 0 fully saturated rings. The summed E-state index contributed by atoms with van der Waals surface area (Å²) in [6.45, 7) is 0. The van der Waals surface area contributed by atoms with Crippen LogP contribution in [-0.4, -0.2) is 13.0 Å². The van der Waals surface area contributed by atoms with Crippen molar-refractivity contribution in [2.24, 2.45) is 0 Å². The first-order valence-electron chi connectivity index (χ1n) is 8.07. The Labute approximate surface area is 147 Å². The summed E-state index contributed by atoms with van der Waals surface area (Å²) in [6.07, 6.45) is -0.636. The van der Waals surface area contributed by atoms with E-state index in [9.17, 15) is 4.79 Å². The molecule has 0 saturated heterocycles. The molecule has 0 bridgehead atoms. The van der Waals surface area contributed by atoms with Gasteiger partial charge in [-0.3, -0.25) is 4.79 Å². The Balaban J connectivity index is 1.65. The predicted molar refractivity (Wildman–Crippen MR) is 101 cm³/mol. The molecule has 2 N–H and O–H groups in total. The maximum absolute atomic E-state index is 12.5. The third-order valence-corrected chi connectivity index (χ3v) is 3.79. The zero-order chi connectivity index (χ0) is 17.5. The normalized spacial score (nSPS) is 11.6. The third kappa shape index (κ3) is 4.46. The van der Waals surface area contributed by atoms with Crippen LogP contribution in [0.15, 0.2) is 84.9 Å². The largest absolute Gasteiger partial charge is 0.367 e. The quantitative estimate of drug-likeness (QED) is 0.684. The number of hydrogen-bond acceptors (Lipinski definition) is 3. The highest BCUT2D eigenvalue weighted by Crippen LogP contribution is 2.21. The Morgan fingerprint density at radius 1 is 0.760 bits per heavy atom. The lowest BCUT2D eigenvalue weighted by Gasteiger charge is -2.16. The van der Waals surface area contributed by atoms with Crippen LogP contribution in [-0.2, 0) is 9.53 Å². The molecule has 0 aromatic heterocycles. The Morgan fingerprint density at radius 2 is 1.28 bits per heavy atom. The van der Waals surface area contributed by atoms with Crippen LogP contribution in [0.2, 0.25) is 0 Å². The van der Waals surface area contributed by atoms with Crippen molar-refractivity contribution >= 4 is 23.0 Å². The van der Waals surface area contributed by atoms with Gasteiger partial charge in [-0.1, -0.05) is 48.5 Å². The van der Waals surface area contributed by atoms with E-state index in [0.29, 0.717) is 0 Å². The maximum atomic E-state index is 12.5. The number of nitrogens with one attached hydrogen (secondary N) is 2. The molecule has 0 radical (unpaired) electrons. The van der Waals surface area contributed by atoms with Gasteiger partial charge in [-0.25, -0.2) is 0 Å². The molecule has 0 spiro atoms. The Morgan fingerprint density at radius 3 is 1.88 bits per heavy atom. The lowest BCUT2D eigenvalue weighted by atomic mass is 10.1. The van der Waals surface area contributed by atoms with Gasteiger partial charge in [0.1, 0.15) is 0 Å². The van der Waals surface area contributed by atoms with Crippen molar-refractivity contribution < 1.29 is 9.53 Å². The van der Waals surface area contributed by atoms with E-state index in [0.717, 1.165) is 22.6 Å². The molecule has 3 aromatic carbocycles. The predicted octanol–water partition coefficient (Wildman–Crippen LogP) is 4.76. The van der Waals surface area contributed by atoms with Crippen LogP contribution >= 0.6 is 0 Å². The molecule has 126 valence electrons. The second-order valence-corrected chi connectivity index (χ2v) is 5.58. The first-order chi connectivity index (χ1) is 12.3. The second-order valence-electron chi connectivity index (χ2n) is 5.58. The molecular weight excluding hydrogens is 312 g/mol. The van der Waals surface area contributed by atoms with Gasteiger partial charge in [-0.2, -0.15) is 0 Å². The molecule has 4 heteroatoms. The van der Waals surface area contributed by atoms with Gasteiger partial charge in [0.05, 0.1) is 0 Å². The van der Waals surface area contributed by atoms with Gasteiger partial charge in [-0.15, -0.1) is 0 Å². The van der Waals surface area contributed by atoms with Gasteiger partial charge < -0.3 is 15.4 Å². The number of benzene rings is 3. The summed E-state index contributed by atoms with van der Waals surface area (Å²) >= 11 is 0. The summed E-state index contributed by atoms with van der Waals surface area (Å²) < 4.78 is 5.35. The number of carbonyl (C=O) groups excluding carboxylic acids is 1. The van der Waals surface area contributed by atoms with Gasteiger partial charge in [0.25, 0.3) is 5.91 Å². The molecule has 0 aliphatic rings. The van der Waals surface area contributed by atoms with Crippen LogP contribution in [0.5, 0.6) is 0 Å². The first-order valence-corrected chi connectivity index (χ1v) is 8.07. The fourth-order valence-electron chi connectivity index (χ4n) is 2.56. The van der Waals surface area contributed by atoms with Crippen molar-refractivity contribution in [1.82, 2.24) is 0 Å². The second kappa shape index (κ2) is 8.13. The number of amides is 1. The molecule has 1 amide bonds. The molecule has 1 atom stereocenters. The van der Waals surface area contributed by atoms with E-state index in [1.165, 1.54) is 7.11 Å². The average molecular weight is 332 g/mol. The average Bonchev–Trinajstić information content (AvgIpc) is 2.66. The minimum absolute atomic E-state index is 0.197. The van der Waals surface area contributed by atoms with Crippen LogP contribution in [0, 0.1) is 0 Å². The van der Waals surface area contributed by atoms with Gasteiger partial charge >= 0.3 is 0 Å². The molecule has 0 aliphatic carbocycles. The molecule has 0 heterocycles. The lowest BCUT2D eigenvalue weighted by molar-refractivity contribution is -0.126. The van der Waals surface area contributed by atoms with E-state index in [4.69, 9.17) is 4.74 Å². The van der Waals surface area contributed by atoms with Gasteiger partial charge in [0, 0.05) is 24.2 Å². The Bertz CT molecular complexity index is 802. The Hall–Kier alpha value is -3.11. The van der Waals surface area contributed by atoms with Crippen molar-refractivity contribution in [2.45, 2.75) is 6.10 Å². The first kappa shape index (κ1) is 16.7. The number of methoxy groups -OCH3 is 1. The fourth-order valence-corrected chi connectivity index (χ4v) is 2.56. The molecule has 0 aliphatic heterocycles. The number of carbonyl (C=O) groups is 1. The zero-order valence-electron chi connectivity index (χ0n) is 14.0. The molecule has 25 heavy (non-hydrogen) atoms. The van der Waals surface area contributed by atoms with E-state index in [1.54, 1.807) is 0 Å². The SMILES string of the molecule is COC(C(=O)Nc1ccc(Nc2ccccc2)cc1)c1ccccc1. The summed E-state index contributed by atoms with van der Waals surface area (Å²) in [6, 6.07) is 26.9. The monoisotopic (exact) mass is 332 g/mol. The highest BCUT2D eigenvalue weighted by molar-refractivity contribution is 5.95. The fraction of sp³-hybridized carbons (Fsp3) is 0.0952. The third-order valence-electron chi connectivity index (χ3n) is 3.79. The van der Waals surface area contributed by atoms with E-state index in [1.807, 2.05) is 84.9 Å². The van der Waals surface area contributed by atoms with E-state index in [-0.39, 0.29) is 5.91 Å². The number of rotatable bonds is 6. The van der Waals surface area contributed by atoms with Crippen molar-refractivity contribution in [2.75, 3.05) is 17.7 Å². The summed E-state index contributed by atoms with van der Waals surface area (Å²) in [5.41, 5.74) is 3.52. The highest BCUT2D eigenvalue weighted by atomic mass is 16.5. The summed E-state index contributed by atoms with van der Waals surface area (Å²) in [5, 5.41) is 6.20. The number of ether oxygens (including phenoxy) is 1. The molecular formula is C21H20N2O2. The van der Waals surface area contributed by atoms with Crippen molar-refractivity contribution in [3.05, 3.63) is 90.5 Å². The number of anilines is 3. The van der Waals surface area contributed by atoms with Crippen molar-refractivity contribution in [3.8, 4) is 0 Å². The number of hydrogen-bond donors (Lipinski definition) is 2. The standard InChI is InChI=1S/C21H20N2O2/c1-25-20(16-8-4-2-5-9-16)21(24)23-19-14-12-18(13-15-19)22-17-10-6-3-7-11-17/h2-15,20,22H,1H3,(H,23,24). The molecule has 1 unspecified atom stereocenters. The van der Waals surface area contributed by atoms with Crippen LogP contribution in [0.1, 0.15) is 11.7 Å². The van der Waals surface area contributed by atoms with Gasteiger partial charge in [0.2, 0.25) is 0 Å². The smallest absolute Gasteiger partial charge is 0.258 e. The summed E-state index contributed by atoms with van der Waals surface area (Å²) in [4.78, 5) is 12.5. The van der Waals surface area contributed by atoms with Crippen LogP contribution in [0.3, 0.4) is 0 Å². The summed E-state index contributed by atoms with van der Waals surface area (Å²) in [5.74, 6) is -0.197. The minimum Gasteiger partial charge on any atom is -0.367 e. The van der Waals surface area contributed by atoms with E-state index in [2.05, 4.69) is 10.6 Å². The topological polar surface area (TPSA) is 50.4 Å². The van der Waals surface area contributed by atoms with Gasteiger partial charge in [0.15, 0.2) is 6.10 Å². The minimum atomic E-state index is -0.636. The highest BCUT2D eigenvalue weighted by Gasteiger charge is 2.19.